The molecule has 0 spiro atoms. The molecule has 0 aromatic heterocycles. The van der Waals surface area contributed by atoms with Crippen molar-refractivity contribution < 1.29 is 4.79 Å². The molecular weight excluding hydrogens is 270 g/mol. The van der Waals surface area contributed by atoms with Crippen molar-refractivity contribution in [1.82, 2.24) is 5.32 Å². The summed E-state index contributed by atoms with van der Waals surface area (Å²) in [5.74, 6) is 0.0899. The van der Waals surface area contributed by atoms with E-state index in [2.05, 4.69) is 23.5 Å². The zero-order chi connectivity index (χ0) is 15.4. The second-order valence-electron chi connectivity index (χ2n) is 6.19. The summed E-state index contributed by atoms with van der Waals surface area (Å²) in [4.78, 5) is 12.3. The molecule has 1 amide bonds. The Labute approximate surface area is 132 Å². The SMILES string of the molecule is CC(NC(=O)Cc1ccc2c(c1)CCCC2)c1ccccc1. The molecule has 0 saturated carbocycles. The molecule has 22 heavy (non-hydrogen) atoms. The van der Waals surface area contributed by atoms with Gasteiger partial charge in [-0.2, -0.15) is 0 Å². The Kier molecular flexibility index (Phi) is 4.57. The van der Waals surface area contributed by atoms with E-state index < -0.39 is 0 Å². The highest BCUT2D eigenvalue weighted by atomic mass is 16.1. The van der Waals surface area contributed by atoms with Crippen LogP contribution in [0.1, 0.15) is 48.1 Å². The van der Waals surface area contributed by atoms with Crippen LogP contribution >= 0.6 is 0 Å². The molecule has 2 nitrogen and oxygen atoms in total. The average Bonchev–Trinajstić information content (AvgIpc) is 2.55. The van der Waals surface area contributed by atoms with Crippen molar-refractivity contribution in [2.45, 2.75) is 45.1 Å². The minimum Gasteiger partial charge on any atom is -0.349 e. The van der Waals surface area contributed by atoms with Crippen LogP contribution in [0.4, 0.5) is 0 Å². The molecule has 0 saturated heterocycles. The predicted molar refractivity (Wildman–Crippen MR) is 89.8 cm³/mol. The standard InChI is InChI=1S/C20H23NO/c1-15(17-7-3-2-4-8-17)21-20(22)14-16-11-12-18-9-5-6-10-19(18)13-16/h2-4,7-8,11-13,15H,5-6,9-10,14H2,1H3,(H,21,22). The summed E-state index contributed by atoms with van der Waals surface area (Å²) in [6, 6.07) is 16.7. The molecule has 1 atom stereocenters. The van der Waals surface area contributed by atoms with Crippen LogP contribution < -0.4 is 5.32 Å². The summed E-state index contributed by atoms with van der Waals surface area (Å²) in [6.45, 7) is 2.03. The maximum Gasteiger partial charge on any atom is 0.224 e. The van der Waals surface area contributed by atoms with Crippen LogP contribution in [0.2, 0.25) is 0 Å². The van der Waals surface area contributed by atoms with Crippen molar-refractivity contribution in [2.75, 3.05) is 0 Å². The first kappa shape index (κ1) is 14.8. The van der Waals surface area contributed by atoms with E-state index in [4.69, 9.17) is 0 Å². The number of rotatable bonds is 4. The third-order valence-corrected chi connectivity index (χ3v) is 4.45. The first-order chi connectivity index (χ1) is 10.7. The Morgan fingerprint density at radius 1 is 1.05 bits per heavy atom. The number of aryl methyl sites for hydroxylation is 2. The fourth-order valence-electron chi connectivity index (χ4n) is 3.20. The predicted octanol–water partition coefficient (Wildman–Crippen LogP) is 3.99. The quantitative estimate of drug-likeness (QED) is 0.907. The largest absolute Gasteiger partial charge is 0.349 e. The Bertz CT molecular complexity index is 648. The Morgan fingerprint density at radius 2 is 1.77 bits per heavy atom. The van der Waals surface area contributed by atoms with Crippen molar-refractivity contribution >= 4 is 5.91 Å². The smallest absolute Gasteiger partial charge is 0.224 e. The third-order valence-electron chi connectivity index (χ3n) is 4.45. The van der Waals surface area contributed by atoms with Crippen LogP contribution in [0.5, 0.6) is 0 Å². The van der Waals surface area contributed by atoms with Gasteiger partial charge in [-0.3, -0.25) is 4.79 Å². The lowest BCUT2D eigenvalue weighted by atomic mass is 9.90. The number of nitrogens with one attached hydrogen (secondary N) is 1. The number of hydrogen-bond acceptors (Lipinski definition) is 1. The maximum absolute atomic E-state index is 12.3. The minimum absolute atomic E-state index is 0.0475. The van der Waals surface area contributed by atoms with Gasteiger partial charge in [-0.15, -0.1) is 0 Å². The summed E-state index contributed by atoms with van der Waals surface area (Å²) in [5.41, 5.74) is 5.17. The van der Waals surface area contributed by atoms with E-state index in [-0.39, 0.29) is 11.9 Å². The molecule has 0 heterocycles. The van der Waals surface area contributed by atoms with Gasteiger partial charge in [-0.1, -0.05) is 48.5 Å². The maximum atomic E-state index is 12.3. The zero-order valence-corrected chi connectivity index (χ0v) is 13.1. The molecule has 1 aliphatic rings. The van der Waals surface area contributed by atoms with Gasteiger partial charge in [-0.05, 0) is 54.9 Å². The van der Waals surface area contributed by atoms with Crippen LogP contribution in [0.15, 0.2) is 48.5 Å². The number of carbonyl (C=O) groups excluding carboxylic acids is 1. The summed E-state index contributed by atoms with van der Waals surface area (Å²) in [6.07, 6.45) is 5.37. The van der Waals surface area contributed by atoms with Crippen LogP contribution in [-0.4, -0.2) is 5.91 Å². The highest BCUT2D eigenvalue weighted by Crippen LogP contribution is 2.22. The highest BCUT2D eigenvalue weighted by Gasteiger charge is 2.13. The molecule has 3 rings (SSSR count). The van der Waals surface area contributed by atoms with Gasteiger partial charge in [0.2, 0.25) is 5.91 Å². The van der Waals surface area contributed by atoms with Gasteiger partial charge in [0.05, 0.1) is 12.5 Å². The zero-order valence-electron chi connectivity index (χ0n) is 13.1. The van der Waals surface area contributed by atoms with Crippen LogP contribution in [0, 0.1) is 0 Å². The van der Waals surface area contributed by atoms with Crippen molar-refractivity contribution in [3.63, 3.8) is 0 Å². The fourth-order valence-corrected chi connectivity index (χ4v) is 3.20. The summed E-state index contributed by atoms with van der Waals surface area (Å²) >= 11 is 0. The first-order valence-corrected chi connectivity index (χ1v) is 8.17. The molecule has 0 radical (unpaired) electrons. The number of amides is 1. The lowest BCUT2D eigenvalue weighted by Crippen LogP contribution is -2.28. The second-order valence-corrected chi connectivity index (χ2v) is 6.19. The normalized spacial score (nSPS) is 15.0. The van der Waals surface area contributed by atoms with E-state index in [1.807, 2.05) is 37.3 Å². The molecule has 0 bridgehead atoms. The third kappa shape index (κ3) is 3.56. The molecule has 1 unspecified atom stereocenters. The number of carbonyl (C=O) groups is 1. The molecule has 2 aromatic rings. The van der Waals surface area contributed by atoms with Crippen molar-refractivity contribution in [3.05, 3.63) is 70.8 Å². The number of benzene rings is 2. The molecule has 2 heteroatoms. The first-order valence-electron chi connectivity index (χ1n) is 8.17. The fraction of sp³-hybridized carbons (Fsp3) is 0.350. The van der Waals surface area contributed by atoms with E-state index in [0.717, 1.165) is 17.5 Å². The van der Waals surface area contributed by atoms with Crippen LogP contribution in [0.25, 0.3) is 0 Å². The Hall–Kier alpha value is -2.09. The summed E-state index contributed by atoms with van der Waals surface area (Å²) in [7, 11) is 0. The van der Waals surface area contributed by atoms with Gasteiger partial charge in [0, 0.05) is 0 Å². The monoisotopic (exact) mass is 293 g/mol. The van der Waals surface area contributed by atoms with E-state index in [9.17, 15) is 4.79 Å². The van der Waals surface area contributed by atoms with Crippen LogP contribution in [-0.2, 0) is 24.1 Å². The van der Waals surface area contributed by atoms with Gasteiger partial charge in [0.15, 0.2) is 0 Å². The minimum atomic E-state index is 0.0475. The van der Waals surface area contributed by atoms with Crippen molar-refractivity contribution in [3.8, 4) is 0 Å². The summed E-state index contributed by atoms with van der Waals surface area (Å²) in [5, 5.41) is 3.09. The molecular formula is C20H23NO. The van der Waals surface area contributed by atoms with E-state index >= 15 is 0 Å². The van der Waals surface area contributed by atoms with Gasteiger partial charge in [0.1, 0.15) is 0 Å². The van der Waals surface area contributed by atoms with Crippen molar-refractivity contribution in [2.24, 2.45) is 0 Å². The topological polar surface area (TPSA) is 29.1 Å². The molecule has 1 aliphatic carbocycles. The number of hydrogen-bond donors (Lipinski definition) is 1. The molecule has 0 aliphatic heterocycles. The highest BCUT2D eigenvalue weighted by molar-refractivity contribution is 5.79. The van der Waals surface area contributed by atoms with E-state index in [1.165, 1.54) is 30.4 Å². The van der Waals surface area contributed by atoms with Gasteiger partial charge in [0.25, 0.3) is 0 Å². The van der Waals surface area contributed by atoms with E-state index in [1.54, 1.807) is 0 Å². The van der Waals surface area contributed by atoms with Gasteiger partial charge in [-0.25, -0.2) is 0 Å². The second kappa shape index (κ2) is 6.78. The van der Waals surface area contributed by atoms with Gasteiger partial charge < -0.3 is 5.32 Å². The van der Waals surface area contributed by atoms with E-state index in [0.29, 0.717) is 6.42 Å². The Balaban J connectivity index is 1.62. The Morgan fingerprint density at radius 3 is 2.55 bits per heavy atom. The molecule has 0 fully saturated rings. The molecule has 114 valence electrons. The molecule has 1 N–H and O–H groups in total. The number of fused-ring (bicyclic) bond motifs is 1. The average molecular weight is 293 g/mol. The summed E-state index contributed by atoms with van der Waals surface area (Å²) < 4.78 is 0. The lowest BCUT2D eigenvalue weighted by Gasteiger charge is -2.17. The lowest BCUT2D eigenvalue weighted by molar-refractivity contribution is -0.121. The van der Waals surface area contributed by atoms with Crippen LogP contribution in [0.3, 0.4) is 0 Å². The van der Waals surface area contributed by atoms with Gasteiger partial charge >= 0.3 is 0 Å². The van der Waals surface area contributed by atoms with Crippen molar-refractivity contribution in [1.29, 1.82) is 0 Å². The molecule has 2 aromatic carbocycles.